The van der Waals surface area contributed by atoms with Crippen molar-refractivity contribution in [2.75, 3.05) is 0 Å². The van der Waals surface area contributed by atoms with Gasteiger partial charge in [-0.05, 0) is 17.7 Å². The predicted molar refractivity (Wildman–Crippen MR) is 35.3 cm³/mol. The van der Waals surface area contributed by atoms with Gasteiger partial charge in [-0.3, -0.25) is 4.84 Å². The molecular weight excluding hydrogens is 152 g/mol. The lowest BCUT2D eigenvalue weighted by Crippen LogP contribution is -1.99. The Morgan fingerprint density at radius 2 is 2.00 bits per heavy atom. The first-order valence-electron chi connectivity index (χ1n) is 2.99. The Balaban J connectivity index is 2.86. The molecule has 0 unspecified atom stereocenters. The van der Waals surface area contributed by atoms with Crippen molar-refractivity contribution in [2.24, 2.45) is 5.90 Å². The van der Waals surface area contributed by atoms with Gasteiger partial charge in [-0.2, -0.15) is 0 Å². The van der Waals surface area contributed by atoms with Crippen LogP contribution in [0.1, 0.15) is 5.56 Å². The zero-order valence-corrected chi connectivity index (χ0v) is 5.68. The van der Waals surface area contributed by atoms with E-state index in [0.717, 1.165) is 12.1 Å². The summed E-state index contributed by atoms with van der Waals surface area (Å²) in [5.41, 5.74) is 0.506. The highest BCUT2D eigenvalue weighted by Crippen LogP contribution is 2.08. The predicted octanol–water partition coefficient (Wildman–Crippen LogP) is 1.36. The van der Waals surface area contributed by atoms with Crippen LogP contribution in [0.15, 0.2) is 18.2 Å². The van der Waals surface area contributed by atoms with Crippen LogP contribution in [0.2, 0.25) is 0 Å². The molecular formula is C7H7F2NO. The van der Waals surface area contributed by atoms with Crippen LogP contribution in [0.25, 0.3) is 0 Å². The summed E-state index contributed by atoms with van der Waals surface area (Å²) >= 11 is 0. The Kier molecular flexibility index (Phi) is 2.51. The second-order valence-corrected chi connectivity index (χ2v) is 2.06. The van der Waals surface area contributed by atoms with Crippen molar-refractivity contribution in [3.05, 3.63) is 35.4 Å². The van der Waals surface area contributed by atoms with Crippen LogP contribution in [0.5, 0.6) is 0 Å². The first-order chi connectivity index (χ1) is 5.24. The Labute approximate surface area is 62.5 Å². The molecule has 0 aliphatic heterocycles. The second kappa shape index (κ2) is 3.41. The molecule has 0 aliphatic carbocycles. The second-order valence-electron chi connectivity index (χ2n) is 2.06. The van der Waals surface area contributed by atoms with E-state index in [1.165, 1.54) is 6.07 Å². The van der Waals surface area contributed by atoms with Gasteiger partial charge >= 0.3 is 0 Å². The van der Waals surface area contributed by atoms with Gasteiger partial charge in [0.1, 0.15) is 0 Å². The molecule has 0 bridgehead atoms. The van der Waals surface area contributed by atoms with Gasteiger partial charge in [0, 0.05) is 0 Å². The van der Waals surface area contributed by atoms with E-state index in [0.29, 0.717) is 5.56 Å². The summed E-state index contributed by atoms with van der Waals surface area (Å²) in [5.74, 6) is 2.97. The highest BCUT2D eigenvalue weighted by molar-refractivity contribution is 5.16. The zero-order chi connectivity index (χ0) is 8.27. The molecule has 0 saturated heterocycles. The first kappa shape index (κ1) is 8.10. The van der Waals surface area contributed by atoms with Crippen LogP contribution in [-0.4, -0.2) is 0 Å². The largest absolute Gasteiger partial charge is 0.300 e. The Morgan fingerprint density at radius 1 is 1.27 bits per heavy atom. The van der Waals surface area contributed by atoms with Gasteiger partial charge in [-0.15, -0.1) is 0 Å². The summed E-state index contributed by atoms with van der Waals surface area (Å²) in [6.45, 7) is 0.0806. The van der Waals surface area contributed by atoms with E-state index in [2.05, 4.69) is 4.84 Å². The third-order valence-electron chi connectivity index (χ3n) is 1.23. The van der Waals surface area contributed by atoms with Crippen LogP contribution in [0, 0.1) is 11.6 Å². The van der Waals surface area contributed by atoms with Gasteiger partial charge in [0.25, 0.3) is 0 Å². The average Bonchev–Trinajstić information content (AvgIpc) is 1.98. The van der Waals surface area contributed by atoms with Gasteiger partial charge < -0.3 is 0 Å². The lowest BCUT2D eigenvalue weighted by molar-refractivity contribution is 0.124. The van der Waals surface area contributed by atoms with Crippen LogP contribution in [0.3, 0.4) is 0 Å². The molecule has 11 heavy (non-hydrogen) atoms. The van der Waals surface area contributed by atoms with Crippen molar-refractivity contribution < 1.29 is 13.6 Å². The molecule has 2 nitrogen and oxygen atoms in total. The summed E-state index contributed by atoms with van der Waals surface area (Å²) in [6, 6.07) is 3.48. The molecule has 0 heterocycles. The minimum atomic E-state index is -0.889. The van der Waals surface area contributed by atoms with Crippen molar-refractivity contribution in [2.45, 2.75) is 6.61 Å². The van der Waals surface area contributed by atoms with Gasteiger partial charge in [-0.1, -0.05) is 6.07 Å². The molecule has 0 atom stereocenters. The molecule has 0 amide bonds. The van der Waals surface area contributed by atoms with E-state index in [9.17, 15) is 8.78 Å². The number of nitrogens with two attached hydrogens (primary N) is 1. The smallest absolute Gasteiger partial charge is 0.159 e. The fraction of sp³-hybridized carbons (Fsp3) is 0.143. The molecule has 4 heteroatoms. The lowest BCUT2D eigenvalue weighted by Gasteiger charge is -1.98. The number of rotatable bonds is 2. The fourth-order valence-electron chi connectivity index (χ4n) is 0.726. The van der Waals surface area contributed by atoms with Crippen molar-refractivity contribution in [1.29, 1.82) is 0 Å². The molecule has 1 rings (SSSR count). The molecule has 0 fully saturated rings. The van der Waals surface area contributed by atoms with Crippen molar-refractivity contribution in [1.82, 2.24) is 0 Å². The van der Waals surface area contributed by atoms with Crippen molar-refractivity contribution in [3.8, 4) is 0 Å². The van der Waals surface area contributed by atoms with Crippen molar-refractivity contribution >= 4 is 0 Å². The molecule has 0 radical (unpaired) electrons. The minimum absolute atomic E-state index is 0.0806. The van der Waals surface area contributed by atoms with Gasteiger partial charge in [0.2, 0.25) is 0 Å². The van der Waals surface area contributed by atoms with Crippen LogP contribution >= 0.6 is 0 Å². The third kappa shape index (κ3) is 1.96. The quantitative estimate of drug-likeness (QED) is 0.661. The standard InChI is InChI=1S/C7H7F2NO/c8-6-2-1-5(4-11-10)3-7(6)9/h1-3H,4,10H2. The SMILES string of the molecule is NOCc1ccc(F)c(F)c1. The maximum atomic E-state index is 12.4. The molecule has 0 aliphatic rings. The minimum Gasteiger partial charge on any atom is -0.300 e. The van der Waals surface area contributed by atoms with E-state index >= 15 is 0 Å². The molecule has 0 spiro atoms. The third-order valence-corrected chi connectivity index (χ3v) is 1.23. The summed E-state index contributed by atoms with van der Waals surface area (Å²) in [5, 5.41) is 0. The number of hydrogen-bond donors (Lipinski definition) is 1. The first-order valence-corrected chi connectivity index (χ1v) is 2.99. The van der Waals surface area contributed by atoms with E-state index in [-0.39, 0.29) is 6.61 Å². The maximum Gasteiger partial charge on any atom is 0.159 e. The van der Waals surface area contributed by atoms with E-state index < -0.39 is 11.6 Å². The molecule has 60 valence electrons. The Hall–Kier alpha value is -1.00. The molecule has 0 aromatic heterocycles. The van der Waals surface area contributed by atoms with E-state index in [4.69, 9.17) is 5.90 Å². The van der Waals surface area contributed by atoms with E-state index in [1.54, 1.807) is 0 Å². The van der Waals surface area contributed by atoms with Crippen molar-refractivity contribution in [3.63, 3.8) is 0 Å². The molecule has 0 saturated carbocycles. The molecule has 1 aromatic rings. The van der Waals surface area contributed by atoms with Crippen LogP contribution in [-0.2, 0) is 11.4 Å². The normalized spacial score (nSPS) is 10.1. The molecule has 2 N–H and O–H groups in total. The summed E-state index contributed by atoms with van der Waals surface area (Å²) < 4.78 is 24.7. The van der Waals surface area contributed by atoms with Gasteiger partial charge in [0.05, 0.1) is 6.61 Å². The Bertz CT molecular complexity index is 252. The number of halogens is 2. The summed E-state index contributed by atoms with van der Waals surface area (Å²) in [6.07, 6.45) is 0. The van der Waals surface area contributed by atoms with Crippen LogP contribution in [0.4, 0.5) is 8.78 Å². The number of benzene rings is 1. The average molecular weight is 159 g/mol. The lowest BCUT2D eigenvalue weighted by atomic mass is 10.2. The summed E-state index contributed by atoms with van der Waals surface area (Å²) in [7, 11) is 0. The highest BCUT2D eigenvalue weighted by atomic mass is 19.2. The topological polar surface area (TPSA) is 35.2 Å². The Morgan fingerprint density at radius 3 is 2.55 bits per heavy atom. The monoisotopic (exact) mass is 159 g/mol. The maximum absolute atomic E-state index is 12.4. The van der Waals surface area contributed by atoms with Gasteiger partial charge in [-0.25, -0.2) is 14.7 Å². The number of hydrogen-bond acceptors (Lipinski definition) is 2. The fourth-order valence-corrected chi connectivity index (χ4v) is 0.726. The van der Waals surface area contributed by atoms with Gasteiger partial charge in [0.15, 0.2) is 11.6 Å². The highest BCUT2D eigenvalue weighted by Gasteiger charge is 2.01. The summed E-state index contributed by atoms with van der Waals surface area (Å²) in [4.78, 5) is 4.23. The molecule has 1 aromatic carbocycles. The van der Waals surface area contributed by atoms with E-state index in [1.807, 2.05) is 0 Å². The van der Waals surface area contributed by atoms with Crippen LogP contribution < -0.4 is 5.90 Å². The zero-order valence-electron chi connectivity index (χ0n) is 5.68.